The van der Waals surface area contributed by atoms with E-state index >= 15 is 0 Å². The molecule has 98 valence electrons. The van der Waals surface area contributed by atoms with Crippen molar-refractivity contribution in [2.75, 3.05) is 11.1 Å². The summed E-state index contributed by atoms with van der Waals surface area (Å²) in [7, 11) is 0. The molecule has 19 heavy (non-hydrogen) atoms. The van der Waals surface area contributed by atoms with Gasteiger partial charge in [0.15, 0.2) is 0 Å². The van der Waals surface area contributed by atoms with Crippen molar-refractivity contribution in [3.05, 3.63) is 58.9 Å². The number of halogens is 1. The van der Waals surface area contributed by atoms with Crippen molar-refractivity contribution >= 4 is 17.3 Å². The molecule has 0 saturated heterocycles. The lowest BCUT2D eigenvalue weighted by molar-refractivity contribution is 0.102. The molecule has 2 aromatic rings. The van der Waals surface area contributed by atoms with Crippen molar-refractivity contribution in [2.45, 2.75) is 13.8 Å². The lowest BCUT2D eigenvalue weighted by Crippen LogP contribution is -2.15. The molecular formula is C15H15FN2O. The quantitative estimate of drug-likeness (QED) is 0.812. The number of carbonyl (C=O) groups is 1. The average molecular weight is 258 g/mol. The molecule has 0 aliphatic carbocycles. The van der Waals surface area contributed by atoms with Gasteiger partial charge in [0.05, 0.1) is 5.56 Å². The Labute approximate surface area is 111 Å². The van der Waals surface area contributed by atoms with Crippen LogP contribution in [0.1, 0.15) is 21.5 Å². The van der Waals surface area contributed by atoms with Gasteiger partial charge in [-0.3, -0.25) is 4.79 Å². The first-order chi connectivity index (χ1) is 8.99. The molecule has 0 unspecified atom stereocenters. The van der Waals surface area contributed by atoms with Crippen LogP contribution in [0, 0.1) is 19.7 Å². The Bertz CT molecular complexity index is 638. The van der Waals surface area contributed by atoms with Gasteiger partial charge in [0.1, 0.15) is 5.82 Å². The van der Waals surface area contributed by atoms with E-state index in [4.69, 9.17) is 5.73 Å². The number of rotatable bonds is 2. The number of nitrogens with two attached hydrogens (primary N) is 1. The Morgan fingerprint density at radius 3 is 2.63 bits per heavy atom. The summed E-state index contributed by atoms with van der Waals surface area (Å²) in [6, 6.07) is 9.94. The highest BCUT2D eigenvalue weighted by Gasteiger charge is 2.14. The molecule has 0 fully saturated rings. The lowest BCUT2D eigenvalue weighted by Gasteiger charge is -2.10. The van der Waals surface area contributed by atoms with Crippen LogP contribution in [0.4, 0.5) is 15.8 Å². The number of aryl methyl sites for hydroxylation is 2. The predicted molar refractivity (Wildman–Crippen MR) is 74.7 cm³/mol. The number of benzene rings is 2. The SMILES string of the molecule is Cc1ccc(N)cc1NC(=O)c1cccc(C)c1F. The molecule has 1 amide bonds. The zero-order valence-corrected chi connectivity index (χ0v) is 10.8. The van der Waals surface area contributed by atoms with E-state index in [0.29, 0.717) is 16.9 Å². The standard InChI is InChI=1S/C15H15FN2O/c1-9-6-7-11(17)8-13(9)18-15(19)12-5-3-4-10(2)14(12)16/h3-8H,17H2,1-2H3,(H,18,19). The van der Waals surface area contributed by atoms with E-state index in [9.17, 15) is 9.18 Å². The van der Waals surface area contributed by atoms with Crippen molar-refractivity contribution in [3.8, 4) is 0 Å². The second kappa shape index (κ2) is 5.10. The molecule has 0 aliphatic heterocycles. The van der Waals surface area contributed by atoms with Crippen LogP contribution in [0.5, 0.6) is 0 Å². The van der Waals surface area contributed by atoms with Gasteiger partial charge in [0.25, 0.3) is 5.91 Å². The zero-order chi connectivity index (χ0) is 14.0. The van der Waals surface area contributed by atoms with Gasteiger partial charge in [0, 0.05) is 11.4 Å². The number of hydrogen-bond donors (Lipinski definition) is 2. The second-order valence-corrected chi connectivity index (χ2v) is 4.46. The summed E-state index contributed by atoms with van der Waals surface area (Å²) in [5, 5.41) is 2.68. The van der Waals surface area contributed by atoms with E-state index in [-0.39, 0.29) is 5.56 Å². The molecular weight excluding hydrogens is 243 g/mol. The van der Waals surface area contributed by atoms with Gasteiger partial charge >= 0.3 is 0 Å². The average Bonchev–Trinajstić information content (AvgIpc) is 2.37. The number of amides is 1. The monoisotopic (exact) mass is 258 g/mol. The van der Waals surface area contributed by atoms with E-state index in [1.54, 1.807) is 37.3 Å². The van der Waals surface area contributed by atoms with Gasteiger partial charge < -0.3 is 11.1 Å². The molecule has 0 radical (unpaired) electrons. The minimum Gasteiger partial charge on any atom is -0.399 e. The van der Waals surface area contributed by atoms with Gasteiger partial charge in [-0.15, -0.1) is 0 Å². The minimum atomic E-state index is -0.499. The molecule has 2 aromatic carbocycles. The van der Waals surface area contributed by atoms with Crippen LogP contribution in [-0.2, 0) is 0 Å². The fraction of sp³-hybridized carbons (Fsp3) is 0.133. The van der Waals surface area contributed by atoms with Crippen molar-refractivity contribution in [2.24, 2.45) is 0 Å². The van der Waals surface area contributed by atoms with Gasteiger partial charge in [-0.25, -0.2) is 4.39 Å². The summed E-state index contributed by atoms with van der Waals surface area (Å²) in [5.74, 6) is -0.976. The zero-order valence-electron chi connectivity index (χ0n) is 10.8. The summed E-state index contributed by atoms with van der Waals surface area (Å²) in [6.07, 6.45) is 0. The van der Waals surface area contributed by atoms with Crippen molar-refractivity contribution < 1.29 is 9.18 Å². The molecule has 0 spiro atoms. The number of nitrogens with one attached hydrogen (secondary N) is 1. The Balaban J connectivity index is 2.31. The summed E-state index contributed by atoms with van der Waals surface area (Å²) in [4.78, 5) is 12.1. The topological polar surface area (TPSA) is 55.1 Å². The second-order valence-electron chi connectivity index (χ2n) is 4.46. The van der Waals surface area contributed by atoms with Crippen LogP contribution in [0.2, 0.25) is 0 Å². The third-order valence-electron chi connectivity index (χ3n) is 2.95. The fourth-order valence-corrected chi connectivity index (χ4v) is 1.79. The van der Waals surface area contributed by atoms with Crippen LogP contribution < -0.4 is 11.1 Å². The van der Waals surface area contributed by atoms with Gasteiger partial charge in [-0.05, 0) is 43.2 Å². The third-order valence-corrected chi connectivity index (χ3v) is 2.95. The molecule has 3 N–H and O–H groups in total. The van der Waals surface area contributed by atoms with Crippen LogP contribution in [-0.4, -0.2) is 5.91 Å². The highest BCUT2D eigenvalue weighted by Crippen LogP contribution is 2.20. The van der Waals surface area contributed by atoms with E-state index in [2.05, 4.69) is 5.32 Å². The Morgan fingerprint density at radius 1 is 1.16 bits per heavy atom. The van der Waals surface area contributed by atoms with Gasteiger partial charge in [-0.1, -0.05) is 18.2 Å². The minimum absolute atomic E-state index is 0.0295. The predicted octanol–water partition coefficient (Wildman–Crippen LogP) is 3.28. The largest absolute Gasteiger partial charge is 0.399 e. The molecule has 0 saturated carbocycles. The van der Waals surface area contributed by atoms with Crippen LogP contribution in [0.3, 0.4) is 0 Å². The number of hydrogen-bond acceptors (Lipinski definition) is 2. The van der Waals surface area contributed by atoms with Crippen LogP contribution >= 0.6 is 0 Å². The molecule has 3 nitrogen and oxygen atoms in total. The smallest absolute Gasteiger partial charge is 0.258 e. The summed E-state index contributed by atoms with van der Waals surface area (Å²) < 4.78 is 13.8. The summed E-state index contributed by atoms with van der Waals surface area (Å²) in [6.45, 7) is 3.47. The summed E-state index contributed by atoms with van der Waals surface area (Å²) >= 11 is 0. The normalized spacial score (nSPS) is 10.3. The van der Waals surface area contributed by atoms with Crippen molar-refractivity contribution in [3.63, 3.8) is 0 Å². The maximum absolute atomic E-state index is 13.8. The first-order valence-electron chi connectivity index (χ1n) is 5.91. The van der Waals surface area contributed by atoms with Crippen molar-refractivity contribution in [1.82, 2.24) is 0 Å². The van der Waals surface area contributed by atoms with E-state index in [1.807, 2.05) is 6.92 Å². The summed E-state index contributed by atoms with van der Waals surface area (Å²) in [5.41, 5.74) is 8.15. The molecule has 0 atom stereocenters. The number of anilines is 2. The Morgan fingerprint density at radius 2 is 1.89 bits per heavy atom. The highest BCUT2D eigenvalue weighted by atomic mass is 19.1. The van der Waals surface area contributed by atoms with E-state index < -0.39 is 11.7 Å². The maximum atomic E-state index is 13.8. The van der Waals surface area contributed by atoms with Gasteiger partial charge in [0.2, 0.25) is 0 Å². The van der Waals surface area contributed by atoms with E-state index in [1.165, 1.54) is 6.07 Å². The Hall–Kier alpha value is -2.36. The molecule has 2 rings (SSSR count). The molecule has 0 aromatic heterocycles. The van der Waals surface area contributed by atoms with Gasteiger partial charge in [-0.2, -0.15) is 0 Å². The van der Waals surface area contributed by atoms with Crippen LogP contribution in [0.25, 0.3) is 0 Å². The molecule has 4 heteroatoms. The lowest BCUT2D eigenvalue weighted by atomic mass is 10.1. The first kappa shape index (κ1) is 13.1. The number of carbonyl (C=O) groups excluding carboxylic acids is 1. The van der Waals surface area contributed by atoms with E-state index in [0.717, 1.165) is 5.56 Å². The van der Waals surface area contributed by atoms with Crippen molar-refractivity contribution in [1.29, 1.82) is 0 Å². The Kier molecular flexibility index (Phi) is 3.51. The number of nitrogen functional groups attached to an aromatic ring is 1. The maximum Gasteiger partial charge on any atom is 0.258 e. The van der Waals surface area contributed by atoms with Crippen LogP contribution in [0.15, 0.2) is 36.4 Å². The molecule has 0 aliphatic rings. The molecule has 0 heterocycles. The fourth-order valence-electron chi connectivity index (χ4n) is 1.79. The molecule has 0 bridgehead atoms. The highest BCUT2D eigenvalue weighted by molar-refractivity contribution is 6.05. The third kappa shape index (κ3) is 2.73. The first-order valence-corrected chi connectivity index (χ1v) is 5.91.